The molecule has 1 N–H and O–H groups in total. The smallest absolute Gasteiger partial charge is 0.387 e. The van der Waals surface area contributed by atoms with Gasteiger partial charge in [0.15, 0.2) is 11.6 Å². The summed E-state index contributed by atoms with van der Waals surface area (Å²) in [6, 6.07) is 3.81. The first kappa shape index (κ1) is 14.6. The third kappa shape index (κ3) is 4.44. The molecule has 0 bridgehead atoms. The molecule has 0 saturated carbocycles. The van der Waals surface area contributed by atoms with Gasteiger partial charge in [0.1, 0.15) is 0 Å². The zero-order valence-electron chi connectivity index (χ0n) is 10.3. The average Bonchev–Trinajstić information content (AvgIpc) is 2.31. The first-order valence-electron chi connectivity index (χ1n) is 5.56. The van der Waals surface area contributed by atoms with Crippen molar-refractivity contribution in [2.24, 2.45) is 0 Å². The normalized spacial score (nSPS) is 12.6. The fraction of sp³-hybridized carbons (Fsp3) is 0.500. The van der Waals surface area contributed by atoms with Crippen LogP contribution in [0.25, 0.3) is 0 Å². The van der Waals surface area contributed by atoms with Gasteiger partial charge < -0.3 is 14.8 Å². The van der Waals surface area contributed by atoms with Crippen LogP contribution in [-0.2, 0) is 4.74 Å². The molecule has 0 aliphatic rings. The van der Waals surface area contributed by atoms with Crippen molar-refractivity contribution >= 4 is 5.69 Å². The number of hydrogen-bond donors (Lipinski definition) is 1. The van der Waals surface area contributed by atoms with E-state index in [1.54, 1.807) is 7.11 Å². The number of rotatable bonds is 7. The van der Waals surface area contributed by atoms with Gasteiger partial charge in [0.2, 0.25) is 0 Å². The largest absolute Gasteiger partial charge is 0.432 e. The van der Waals surface area contributed by atoms with Crippen LogP contribution in [0.15, 0.2) is 18.2 Å². The van der Waals surface area contributed by atoms with E-state index in [0.717, 1.165) is 12.5 Å². The highest BCUT2D eigenvalue weighted by Crippen LogP contribution is 2.23. The molecule has 3 nitrogen and oxygen atoms in total. The van der Waals surface area contributed by atoms with E-state index in [-0.39, 0.29) is 6.04 Å². The first-order valence-corrected chi connectivity index (χ1v) is 5.56. The summed E-state index contributed by atoms with van der Waals surface area (Å²) in [7, 11) is 1.57. The van der Waals surface area contributed by atoms with Crippen LogP contribution in [0.5, 0.6) is 5.75 Å². The third-order valence-electron chi connectivity index (χ3n) is 2.38. The van der Waals surface area contributed by atoms with Gasteiger partial charge in [-0.1, -0.05) is 6.92 Å². The Bertz CT molecular complexity index is 374. The highest BCUT2D eigenvalue weighted by Gasteiger charge is 2.11. The number of hydrogen-bond acceptors (Lipinski definition) is 3. The second-order valence-corrected chi connectivity index (χ2v) is 3.73. The minimum Gasteiger partial charge on any atom is -0.432 e. The van der Waals surface area contributed by atoms with Crippen molar-refractivity contribution in [2.45, 2.75) is 26.0 Å². The van der Waals surface area contributed by atoms with Crippen LogP contribution in [-0.4, -0.2) is 26.4 Å². The van der Waals surface area contributed by atoms with E-state index in [4.69, 9.17) is 4.74 Å². The van der Waals surface area contributed by atoms with Crippen molar-refractivity contribution in [2.75, 3.05) is 19.0 Å². The van der Waals surface area contributed by atoms with Gasteiger partial charge in [-0.2, -0.15) is 8.78 Å². The van der Waals surface area contributed by atoms with Gasteiger partial charge in [0.25, 0.3) is 0 Å². The molecule has 6 heteroatoms. The van der Waals surface area contributed by atoms with Crippen molar-refractivity contribution in [1.29, 1.82) is 0 Å². The molecule has 0 spiro atoms. The summed E-state index contributed by atoms with van der Waals surface area (Å²) in [6.45, 7) is -0.593. The summed E-state index contributed by atoms with van der Waals surface area (Å²) >= 11 is 0. The van der Waals surface area contributed by atoms with Gasteiger partial charge in [0.05, 0.1) is 6.61 Å². The van der Waals surface area contributed by atoms with E-state index in [2.05, 4.69) is 10.1 Å². The molecular weight excluding hydrogens is 247 g/mol. The molecule has 1 unspecified atom stereocenters. The molecule has 1 aromatic carbocycles. The predicted molar refractivity (Wildman–Crippen MR) is 62.6 cm³/mol. The SMILES string of the molecule is CCC(COC)Nc1ccc(OC(F)F)c(F)c1. The molecule has 0 aliphatic heterocycles. The highest BCUT2D eigenvalue weighted by atomic mass is 19.3. The number of ether oxygens (including phenoxy) is 2. The lowest BCUT2D eigenvalue weighted by atomic mass is 10.2. The Hall–Kier alpha value is -1.43. The number of anilines is 1. The van der Waals surface area contributed by atoms with Crippen LogP contribution in [0, 0.1) is 5.82 Å². The van der Waals surface area contributed by atoms with Gasteiger partial charge in [0, 0.05) is 24.9 Å². The lowest BCUT2D eigenvalue weighted by Gasteiger charge is -2.17. The van der Waals surface area contributed by atoms with E-state index in [9.17, 15) is 13.2 Å². The van der Waals surface area contributed by atoms with Crippen LogP contribution in [0.4, 0.5) is 18.9 Å². The lowest BCUT2D eigenvalue weighted by Crippen LogP contribution is -2.23. The summed E-state index contributed by atoms with van der Waals surface area (Å²) in [5.41, 5.74) is 0.498. The van der Waals surface area contributed by atoms with Crippen LogP contribution in [0.2, 0.25) is 0 Å². The highest BCUT2D eigenvalue weighted by molar-refractivity contribution is 5.48. The van der Waals surface area contributed by atoms with Crippen molar-refractivity contribution in [3.63, 3.8) is 0 Å². The van der Waals surface area contributed by atoms with Gasteiger partial charge in [-0.15, -0.1) is 0 Å². The minimum atomic E-state index is -3.03. The van der Waals surface area contributed by atoms with Crippen LogP contribution < -0.4 is 10.1 Å². The maximum Gasteiger partial charge on any atom is 0.387 e. The van der Waals surface area contributed by atoms with E-state index in [1.165, 1.54) is 12.1 Å². The Labute approximate surface area is 104 Å². The molecule has 0 aromatic heterocycles. The fourth-order valence-electron chi connectivity index (χ4n) is 1.48. The standard InChI is InChI=1S/C12H16F3NO2/c1-3-8(7-17-2)16-9-4-5-11(10(13)6-9)18-12(14)15/h4-6,8,12,16H,3,7H2,1-2H3. The van der Waals surface area contributed by atoms with E-state index >= 15 is 0 Å². The molecule has 0 fully saturated rings. The van der Waals surface area contributed by atoms with Crippen LogP contribution >= 0.6 is 0 Å². The summed E-state index contributed by atoms with van der Waals surface area (Å²) in [6.07, 6.45) is 0.796. The zero-order valence-corrected chi connectivity index (χ0v) is 10.3. The molecule has 1 aromatic rings. The summed E-state index contributed by atoms with van der Waals surface area (Å²) in [4.78, 5) is 0. The second-order valence-electron chi connectivity index (χ2n) is 3.73. The van der Waals surface area contributed by atoms with Gasteiger partial charge >= 0.3 is 6.61 Å². The predicted octanol–water partition coefficient (Wildman–Crippen LogP) is 3.26. The quantitative estimate of drug-likeness (QED) is 0.819. The Morgan fingerprint density at radius 2 is 2.06 bits per heavy atom. The van der Waals surface area contributed by atoms with Gasteiger partial charge in [-0.05, 0) is 18.6 Å². The van der Waals surface area contributed by atoms with Crippen LogP contribution in [0.3, 0.4) is 0 Å². The molecule has 102 valence electrons. The molecule has 0 radical (unpaired) electrons. The second kappa shape index (κ2) is 7.10. The fourth-order valence-corrected chi connectivity index (χ4v) is 1.48. The van der Waals surface area contributed by atoms with Crippen molar-refractivity contribution in [3.8, 4) is 5.75 Å². The lowest BCUT2D eigenvalue weighted by molar-refractivity contribution is -0.0521. The van der Waals surface area contributed by atoms with Crippen molar-refractivity contribution < 1.29 is 22.6 Å². The molecule has 0 aliphatic carbocycles. The summed E-state index contributed by atoms with van der Waals surface area (Å²) < 4.78 is 46.3. The van der Waals surface area contributed by atoms with Crippen LogP contribution in [0.1, 0.15) is 13.3 Å². The molecular formula is C12H16F3NO2. The Kier molecular flexibility index (Phi) is 5.77. The Morgan fingerprint density at radius 3 is 2.56 bits per heavy atom. The van der Waals surface area contributed by atoms with E-state index in [1.807, 2.05) is 6.92 Å². The molecule has 0 saturated heterocycles. The van der Waals surface area contributed by atoms with E-state index < -0.39 is 18.2 Å². The zero-order chi connectivity index (χ0) is 13.5. The third-order valence-corrected chi connectivity index (χ3v) is 2.38. The summed E-state index contributed by atoms with van der Waals surface area (Å²) in [5, 5.41) is 3.04. The monoisotopic (exact) mass is 263 g/mol. The molecule has 1 rings (SSSR count). The number of halogens is 3. The number of benzene rings is 1. The molecule has 0 heterocycles. The average molecular weight is 263 g/mol. The minimum absolute atomic E-state index is 0.0382. The first-order chi connectivity index (χ1) is 8.56. The number of alkyl halides is 2. The van der Waals surface area contributed by atoms with Crippen molar-refractivity contribution in [1.82, 2.24) is 0 Å². The topological polar surface area (TPSA) is 30.5 Å². The van der Waals surface area contributed by atoms with Crippen molar-refractivity contribution in [3.05, 3.63) is 24.0 Å². The maximum atomic E-state index is 13.4. The molecule has 0 amide bonds. The Morgan fingerprint density at radius 1 is 1.33 bits per heavy atom. The summed E-state index contributed by atoms with van der Waals surface area (Å²) in [5.74, 6) is -1.29. The molecule has 1 atom stereocenters. The van der Waals surface area contributed by atoms with E-state index in [0.29, 0.717) is 12.3 Å². The van der Waals surface area contributed by atoms with Gasteiger partial charge in [-0.3, -0.25) is 0 Å². The molecule has 18 heavy (non-hydrogen) atoms. The Balaban J connectivity index is 2.71. The number of nitrogens with one attached hydrogen (secondary N) is 1. The number of methoxy groups -OCH3 is 1. The van der Waals surface area contributed by atoms with Gasteiger partial charge in [-0.25, -0.2) is 4.39 Å². The maximum absolute atomic E-state index is 13.4.